The molecule has 1 fully saturated rings. The highest BCUT2D eigenvalue weighted by Crippen LogP contribution is 2.32. The molecule has 3 heteroatoms. The summed E-state index contributed by atoms with van der Waals surface area (Å²) >= 11 is 1.70. The van der Waals surface area contributed by atoms with Crippen LogP contribution in [0.2, 0.25) is 0 Å². The molecule has 16 heavy (non-hydrogen) atoms. The normalized spacial score (nSPS) is 24.8. The van der Waals surface area contributed by atoms with Gasteiger partial charge in [0.2, 0.25) is 0 Å². The van der Waals surface area contributed by atoms with Gasteiger partial charge in [0.05, 0.1) is 0 Å². The van der Waals surface area contributed by atoms with E-state index in [0.29, 0.717) is 12.2 Å². The first-order valence-corrected chi connectivity index (χ1v) is 6.96. The molecule has 1 N–H and O–H groups in total. The Labute approximate surface area is 101 Å². The maximum Gasteiger partial charge on any atom is 0.140 e. The second-order valence-electron chi connectivity index (χ2n) is 4.62. The Balaban J connectivity index is 1.91. The molecule has 1 unspecified atom stereocenters. The Kier molecular flexibility index (Phi) is 3.77. The zero-order chi connectivity index (χ0) is 11.4. The number of thiophene rings is 1. The Bertz CT molecular complexity index is 339. The van der Waals surface area contributed by atoms with Crippen molar-refractivity contribution in [1.82, 2.24) is 5.32 Å². The van der Waals surface area contributed by atoms with Crippen LogP contribution in [0.25, 0.3) is 0 Å². The fourth-order valence-corrected chi connectivity index (χ4v) is 3.14. The van der Waals surface area contributed by atoms with Gasteiger partial charge in [-0.3, -0.25) is 4.79 Å². The third-order valence-electron chi connectivity index (χ3n) is 3.73. The molecule has 88 valence electrons. The number of nitrogens with one attached hydrogen (secondary N) is 1. The molecule has 2 heterocycles. The van der Waals surface area contributed by atoms with Crippen molar-refractivity contribution in [1.29, 1.82) is 0 Å². The summed E-state index contributed by atoms with van der Waals surface area (Å²) < 4.78 is 0. The molecular weight excluding hydrogens is 218 g/mol. The largest absolute Gasteiger partial charge is 0.316 e. The van der Waals surface area contributed by atoms with E-state index in [4.69, 9.17) is 0 Å². The molecular formula is C13H19NOS. The lowest BCUT2D eigenvalue weighted by Crippen LogP contribution is -2.33. The van der Waals surface area contributed by atoms with Gasteiger partial charge in [-0.1, -0.05) is 6.92 Å². The number of carbonyl (C=O) groups is 1. The minimum atomic E-state index is -0.0595. The standard InChI is InChI=1S/C13H19NOS/c1-2-13(6-7-14-10-13)12(15)4-3-11-5-8-16-9-11/h5,8-9,14H,2-4,6-7,10H2,1H3. The molecule has 1 aromatic heterocycles. The molecule has 1 aliphatic rings. The summed E-state index contributed by atoms with van der Waals surface area (Å²) in [5.74, 6) is 0.450. The van der Waals surface area contributed by atoms with Crippen molar-refractivity contribution in [3.8, 4) is 0 Å². The van der Waals surface area contributed by atoms with Gasteiger partial charge in [0.15, 0.2) is 0 Å². The smallest absolute Gasteiger partial charge is 0.140 e. The SMILES string of the molecule is CCC1(C(=O)CCc2ccsc2)CCNC1. The fourth-order valence-electron chi connectivity index (χ4n) is 2.44. The van der Waals surface area contributed by atoms with Gasteiger partial charge in [-0.05, 0) is 48.2 Å². The second kappa shape index (κ2) is 5.11. The van der Waals surface area contributed by atoms with Crippen molar-refractivity contribution in [2.75, 3.05) is 13.1 Å². The molecule has 0 radical (unpaired) electrons. The molecule has 0 bridgehead atoms. The summed E-state index contributed by atoms with van der Waals surface area (Å²) in [6, 6.07) is 2.11. The number of Topliss-reactive ketones (excluding diaryl/α,β-unsaturated/α-hetero) is 1. The van der Waals surface area contributed by atoms with E-state index in [-0.39, 0.29) is 5.41 Å². The predicted molar refractivity (Wildman–Crippen MR) is 67.9 cm³/mol. The molecule has 0 aromatic carbocycles. The van der Waals surface area contributed by atoms with Gasteiger partial charge in [-0.25, -0.2) is 0 Å². The van der Waals surface area contributed by atoms with Gasteiger partial charge >= 0.3 is 0 Å². The molecule has 1 aromatic rings. The first-order valence-electron chi connectivity index (χ1n) is 6.02. The molecule has 0 spiro atoms. The fraction of sp³-hybridized carbons (Fsp3) is 0.615. The predicted octanol–water partition coefficient (Wildman–Crippen LogP) is 2.64. The molecule has 0 aliphatic carbocycles. The second-order valence-corrected chi connectivity index (χ2v) is 5.40. The number of hydrogen-bond donors (Lipinski definition) is 1. The van der Waals surface area contributed by atoms with Crippen LogP contribution >= 0.6 is 11.3 Å². The number of hydrogen-bond acceptors (Lipinski definition) is 3. The summed E-state index contributed by atoms with van der Waals surface area (Å²) in [4.78, 5) is 12.3. The Morgan fingerprint density at radius 1 is 1.62 bits per heavy atom. The van der Waals surface area contributed by atoms with Crippen molar-refractivity contribution in [3.63, 3.8) is 0 Å². The number of aryl methyl sites for hydroxylation is 1. The van der Waals surface area contributed by atoms with Crippen molar-refractivity contribution >= 4 is 17.1 Å². The van der Waals surface area contributed by atoms with E-state index in [1.165, 1.54) is 5.56 Å². The van der Waals surface area contributed by atoms with Gasteiger partial charge in [0.25, 0.3) is 0 Å². The highest BCUT2D eigenvalue weighted by Gasteiger charge is 2.38. The molecule has 1 atom stereocenters. The highest BCUT2D eigenvalue weighted by molar-refractivity contribution is 7.07. The van der Waals surface area contributed by atoms with Gasteiger partial charge in [0, 0.05) is 18.4 Å². The Morgan fingerprint density at radius 3 is 3.06 bits per heavy atom. The van der Waals surface area contributed by atoms with Crippen LogP contribution in [0.15, 0.2) is 16.8 Å². The van der Waals surface area contributed by atoms with Crippen molar-refractivity contribution in [2.45, 2.75) is 32.6 Å². The first kappa shape index (κ1) is 11.8. The van der Waals surface area contributed by atoms with Crippen molar-refractivity contribution < 1.29 is 4.79 Å². The summed E-state index contributed by atoms with van der Waals surface area (Å²) in [6.07, 6.45) is 3.60. The van der Waals surface area contributed by atoms with Crippen LogP contribution in [0.4, 0.5) is 0 Å². The van der Waals surface area contributed by atoms with E-state index in [1.54, 1.807) is 11.3 Å². The molecule has 0 amide bonds. The van der Waals surface area contributed by atoms with Crippen LogP contribution in [0.1, 0.15) is 31.7 Å². The number of ketones is 1. The average molecular weight is 237 g/mol. The molecule has 2 rings (SSSR count). The van der Waals surface area contributed by atoms with Gasteiger partial charge < -0.3 is 5.32 Å². The minimum Gasteiger partial charge on any atom is -0.316 e. The van der Waals surface area contributed by atoms with E-state index >= 15 is 0 Å². The van der Waals surface area contributed by atoms with E-state index in [0.717, 1.165) is 32.4 Å². The van der Waals surface area contributed by atoms with E-state index in [9.17, 15) is 4.79 Å². The lowest BCUT2D eigenvalue weighted by atomic mass is 9.78. The maximum atomic E-state index is 12.3. The van der Waals surface area contributed by atoms with Crippen LogP contribution in [0.3, 0.4) is 0 Å². The summed E-state index contributed by atoms with van der Waals surface area (Å²) in [7, 11) is 0. The van der Waals surface area contributed by atoms with Gasteiger partial charge in [-0.15, -0.1) is 0 Å². The van der Waals surface area contributed by atoms with Crippen LogP contribution in [0, 0.1) is 5.41 Å². The zero-order valence-electron chi connectivity index (χ0n) is 9.79. The van der Waals surface area contributed by atoms with Crippen molar-refractivity contribution in [2.24, 2.45) is 5.41 Å². The van der Waals surface area contributed by atoms with Crippen LogP contribution < -0.4 is 5.32 Å². The van der Waals surface area contributed by atoms with Crippen LogP contribution in [-0.2, 0) is 11.2 Å². The highest BCUT2D eigenvalue weighted by atomic mass is 32.1. The minimum absolute atomic E-state index is 0.0595. The topological polar surface area (TPSA) is 29.1 Å². The van der Waals surface area contributed by atoms with E-state index in [1.807, 2.05) is 0 Å². The van der Waals surface area contributed by atoms with Crippen molar-refractivity contribution in [3.05, 3.63) is 22.4 Å². The average Bonchev–Trinajstić information content (AvgIpc) is 2.97. The zero-order valence-corrected chi connectivity index (χ0v) is 10.6. The Morgan fingerprint density at radius 2 is 2.50 bits per heavy atom. The quantitative estimate of drug-likeness (QED) is 0.853. The summed E-state index contributed by atoms with van der Waals surface area (Å²) in [5.41, 5.74) is 1.24. The van der Waals surface area contributed by atoms with E-state index in [2.05, 4.69) is 29.1 Å². The van der Waals surface area contributed by atoms with E-state index < -0.39 is 0 Å². The lowest BCUT2D eigenvalue weighted by Gasteiger charge is -2.24. The van der Waals surface area contributed by atoms with Gasteiger partial charge in [-0.2, -0.15) is 11.3 Å². The third-order valence-corrected chi connectivity index (χ3v) is 4.46. The molecule has 0 saturated carbocycles. The monoisotopic (exact) mass is 237 g/mol. The Hall–Kier alpha value is -0.670. The van der Waals surface area contributed by atoms with Crippen LogP contribution in [-0.4, -0.2) is 18.9 Å². The molecule has 2 nitrogen and oxygen atoms in total. The summed E-state index contributed by atoms with van der Waals surface area (Å²) in [6.45, 7) is 4.01. The summed E-state index contributed by atoms with van der Waals surface area (Å²) in [5, 5.41) is 7.53. The number of rotatable bonds is 5. The van der Waals surface area contributed by atoms with Gasteiger partial charge in [0.1, 0.15) is 5.78 Å². The molecule has 1 saturated heterocycles. The van der Waals surface area contributed by atoms with Crippen LogP contribution in [0.5, 0.6) is 0 Å². The maximum absolute atomic E-state index is 12.3. The molecule has 1 aliphatic heterocycles. The third kappa shape index (κ3) is 2.36. The lowest BCUT2D eigenvalue weighted by molar-refractivity contribution is -0.128. The number of carbonyl (C=O) groups excluding carboxylic acids is 1. The first-order chi connectivity index (χ1) is 7.77.